The molecule has 0 saturated carbocycles. The van der Waals surface area contributed by atoms with Crippen LogP contribution in [-0.4, -0.2) is 9.91 Å². The van der Waals surface area contributed by atoms with Gasteiger partial charge in [-0.1, -0.05) is 11.3 Å². The van der Waals surface area contributed by atoms with Crippen LogP contribution in [0.2, 0.25) is 0 Å². The summed E-state index contributed by atoms with van der Waals surface area (Å²) >= 11 is 1.05. The number of aromatic amines is 1. The highest BCUT2D eigenvalue weighted by atomic mass is 32.1. The number of non-ortho nitro benzene ring substituents is 1. The molecule has 0 aliphatic rings. The van der Waals surface area contributed by atoms with Gasteiger partial charge in [0.05, 0.1) is 22.7 Å². The number of thiazole rings is 1. The highest BCUT2D eigenvalue weighted by Gasteiger charge is 2.10. The van der Waals surface area contributed by atoms with Crippen LogP contribution in [0.3, 0.4) is 0 Å². The van der Waals surface area contributed by atoms with Crippen molar-refractivity contribution in [3.63, 3.8) is 0 Å². The molecular formula is C11H8N4O3S. The molecule has 19 heavy (non-hydrogen) atoms. The third kappa shape index (κ3) is 2.97. The van der Waals surface area contributed by atoms with Gasteiger partial charge < -0.3 is 10.3 Å². The Bertz CT molecular complexity index is 713. The standard InChI is InChI=1S/C11H8N4O3S/c12-4-7-3-9(15(17)18)1-2-10(7)13-5-8-6-19-11(16)14-8/h1-3,6,13H,5H2,(H,14,16). The summed E-state index contributed by atoms with van der Waals surface area (Å²) in [6, 6.07) is 5.90. The normalized spacial score (nSPS) is 9.84. The summed E-state index contributed by atoms with van der Waals surface area (Å²) in [6.45, 7) is 0.339. The minimum absolute atomic E-state index is 0.133. The molecule has 0 aliphatic carbocycles. The van der Waals surface area contributed by atoms with Crippen LogP contribution in [0, 0.1) is 21.4 Å². The Morgan fingerprint density at radius 1 is 1.53 bits per heavy atom. The Hall–Kier alpha value is -2.66. The SMILES string of the molecule is N#Cc1cc([N+](=O)[O-])ccc1NCc1csc(=O)[nH]1. The van der Waals surface area contributed by atoms with Crippen molar-refractivity contribution in [2.75, 3.05) is 5.32 Å². The Kier molecular flexibility index (Phi) is 3.58. The molecule has 2 rings (SSSR count). The second-order valence-electron chi connectivity index (χ2n) is 3.63. The molecule has 0 radical (unpaired) electrons. The van der Waals surface area contributed by atoms with Gasteiger partial charge in [0.2, 0.25) is 0 Å². The first-order valence-electron chi connectivity index (χ1n) is 5.19. The molecule has 0 aliphatic heterocycles. The molecule has 0 amide bonds. The molecule has 0 atom stereocenters. The van der Waals surface area contributed by atoms with Crippen LogP contribution in [0.15, 0.2) is 28.4 Å². The minimum Gasteiger partial charge on any atom is -0.378 e. The van der Waals surface area contributed by atoms with E-state index in [-0.39, 0.29) is 16.1 Å². The number of nitrogens with one attached hydrogen (secondary N) is 2. The smallest absolute Gasteiger partial charge is 0.304 e. The molecular weight excluding hydrogens is 268 g/mol. The fourth-order valence-electron chi connectivity index (χ4n) is 1.48. The first-order chi connectivity index (χ1) is 9.10. The van der Waals surface area contributed by atoms with E-state index in [9.17, 15) is 14.9 Å². The maximum Gasteiger partial charge on any atom is 0.304 e. The fourth-order valence-corrected chi connectivity index (χ4v) is 2.07. The number of nitro groups is 1. The van der Waals surface area contributed by atoms with Crippen LogP contribution in [0.25, 0.3) is 0 Å². The lowest BCUT2D eigenvalue weighted by atomic mass is 10.1. The number of H-pyrrole nitrogens is 1. The zero-order valence-corrected chi connectivity index (χ0v) is 10.4. The van der Waals surface area contributed by atoms with Gasteiger partial charge in [0.1, 0.15) is 6.07 Å². The molecule has 2 N–H and O–H groups in total. The maximum absolute atomic E-state index is 11.0. The zero-order valence-electron chi connectivity index (χ0n) is 9.54. The van der Waals surface area contributed by atoms with E-state index in [0.717, 1.165) is 11.3 Å². The second kappa shape index (κ2) is 5.32. The third-order valence-electron chi connectivity index (χ3n) is 2.37. The van der Waals surface area contributed by atoms with Crippen molar-refractivity contribution in [3.8, 4) is 6.07 Å². The molecule has 0 spiro atoms. The lowest BCUT2D eigenvalue weighted by Crippen LogP contribution is -2.04. The molecule has 7 nitrogen and oxygen atoms in total. The van der Waals surface area contributed by atoms with E-state index in [2.05, 4.69) is 10.3 Å². The van der Waals surface area contributed by atoms with E-state index in [1.54, 1.807) is 5.38 Å². The predicted octanol–water partition coefficient (Wildman–Crippen LogP) is 1.83. The van der Waals surface area contributed by atoms with Gasteiger partial charge in [0, 0.05) is 23.2 Å². The maximum atomic E-state index is 11.0. The van der Waals surface area contributed by atoms with E-state index in [4.69, 9.17) is 5.26 Å². The van der Waals surface area contributed by atoms with Crippen LogP contribution in [-0.2, 0) is 6.54 Å². The zero-order chi connectivity index (χ0) is 13.8. The minimum atomic E-state index is -0.555. The van der Waals surface area contributed by atoms with Crippen molar-refractivity contribution in [2.24, 2.45) is 0 Å². The predicted molar refractivity (Wildman–Crippen MR) is 70.1 cm³/mol. The molecule has 0 saturated heterocycles. The molecule has 1 aromatic carbocycles. The lowest BCUT2D eigenvalue weighted by molar-refractivity contribution is -0.384. The number of nitriles is 1. The van der Waals surface area contributed by atoms with Crippen LogP contribution in [0.4, 0.5) is 11.4 Å². The molecule has 0 unspecified atom stereocenters. The van der Waals surface area contributed by atoms with Crippen molar-refractivity contribution in [3.05, 3.63) is 54.6 Å². The Morgan fingerprint density at radius 3 is 2.89 bits per heavy atom. The number of hydrogen-bond donors (Lipinski definition) is 2. The van der Waals surface area contributed by atoms with Crippen LogP contribution < -0.4 is 10.2 Å². The van der Waals surface area contributed by atoms with E-state index in [0.29, 0.717) is 17.9 Å². The summed E-state index contributed by atoms with van der Waals surface area (Å²) in [4.78, 5) is 23.5. The third-order valence-corrected chi connectivity index (χ3v) is 3.09. The number of benzene rings is 1. The van der Waals surface area contributed by atoms with Crippen molar-refractivity contribution in [2.45, 2.75) is 6.54 Å². The van der Waals surface area contributed by atoms with Crippen LogP contribution >= 0.6 is 11.3 Å². The number of anilines is 1. The van der Waals surface area contributed by atoms with Gasteiger partial charge in [-0.2, -0.15) is 5.26 Å². The van der Waals surface area contributed by atoms with E-state index < -0.39 is 4.92 Å². The van der Waals surface area contributed by atoms with Crippen molar-refractivity contribution in [1.82, 2.24) is 4.98 Å². The summed E-state index contributed by atoms with van der Waals surface area (Å²) in [7, 11) is 0. The largest absolute Gasteiger partial charge is 0.378 e. The lowest BCUT2D eigenvalue weighted by Gasteiger charge is -2.06. The molecule has 0 fully saturated rings. The number of hydrogen-bond acceptors (Lipinski definition) is 6. The van der Waals surface area contributed by atoms with E-state index in [1.807, 2.05) is 6.07 Å². The summed E-state index contributed by atoms with van der Waals surface area (Å²) in [5, 5.41) is 24.2. The number of nitro benzene ring substituents is 1. The Balaban J connectivity index is 2.18. The summed E-state index contributed by atoms with van der Waals surface area (Å²) < 4.78 is 0. The first kappa shape index (κ1) is 12.8. The van der Waals surface area contributed by atoms with E-state index >= 15 is 0 Å². The van der Waals surface area contributed by atoms with Gasteiger partial charge in [-0.3, -0.25) is 14.9 Å². The molecule has 0 bridgehead atoms. The van der Waals surface area contributed by atoms with Crippen molar-refractivity contribution >= 4 is 22.7 Å². The summed E-state index contributed by atoms with van der Waals surface area (Å²) in [5.41, 5.74) is 1.23. The molecule has 1 heterocycles. The highest BCUT2D eigenvalue weighted by Crippen LogP contribution is 2.21. The summed E-state index contributed by atoms with van der Waals surface area (Å²) in [6.07, 6.45) is 0. The van der Waals surface area contributed by atoms with Gasteiger partial charge in [-0.25, -0.2) is 0 Å². The average Bonchev–Trinajstić information content (AvgIpc) is 2.81. The molecule has 1 aromatic heterocycles. The van der Waals surface area contributed by atoms with Gasteiger partial charge in [-0.15, -0.1) is 0 Å². The Labute approximate surface area is 111 Å². The van der Waals surface area contributed by atoms with Gasteiger partial charge in [0.25, 0.3) is 5.69 Å². The number of rotatable bonds is 4. The Morgan fingerprint density at radius 2 is 2.32 bits per heavy atom. The molecule has 2 aromatic rings. The van der Waals surface area contributed by atoms with Gasteiger partial charge >= 0.3 is 4.87 Å². The van der Waals surface area contributed by atoms with Crippen LogP contribution in [0.1, 0.15) is 11.3 Å². The number of nitrogens with zero attached hydrogens (tertiary/aromatic N) is 2. The summed E-state index contributed by atoms with van der Waals surface area (Å²) in [5.74, 6) is 0. The monoisotopic (exact) mass is 276 g/mol. The van der Waals surface area contributed by atoms with Crippen molar-refractivity contribution < 1.29 is 4.92 Å². The molecule has 96 valence electrons. The number of aromatic nitrogens is 1. The van der Waals surface area contributed by atoms with Gasteiger partial charge in [0.15, 0.2) is 0 Å². The first-order valence-corrected chi connectivity index (χ1v) is 6.07. The molecule has 8 heteroatoms. The highest BCUT2D eigenvalue weighted by molar-refractivity contribution is 7.07. The van der Waals surface area contributed by atoms with Gasteiger partial charge in [-0.05, 0) is 6.07 Å². The fraction of sp³-hybridized carbons (Fsp3) is 0.0909. The topological polar surface area (TPSA) is 112 Å². The quantitative estimate of drug-likeness (QED) is 0.653. The second-order valence-corrected chi connectivity index (χ2v) is 4.47. The average molecular weight is 276 g/mol. The van der Waals surface area contributed by atoms with Crippen LogP contribution in [0.5, 0.6) is 0 Å². The van der Waals surface area contributed by atoms with E-state index in [1.165, 1.54) is 18.2 Å². The van der Waals surface area contributed by atoms with Crippen molar-refractivity contribution in [1.29, 1.82) is 5.26 Å².